The van der Waals surface area contributed by atoms with E-state index in [1.807, 2.05) is 24.3 Å². The van der Waals surface area contributed by atoms with Crippen LogP contribution in [-0.4, -0.2) is 22.5 Å². The molecule has 3 rings (SSSR count). The Morgan fingerprint density at radius 1 is 1.45 bits per heavy atom. The molecule has 0 aliphatic carbocycles. The van der Waals surface area contributed by atoms with E-state index in [0.29, 0.717) is 19.4 Å². The second kappa shape index (κ2) is 5.77. The molecule has 2 aromatic rings. The zero-order chi connectivity index (χ0) is 13.8. The molecule has 20 heavy (non-hydrogen) atoms. The molecule has 1 aliphatic heterocycles. The first-order valence-electron chi connectivity index (χ1n) is 6.81. The quantitative estimate of drug-likeness (QED) is 0.893. The van der Waals surface area contributed by atoms with Crippen LogP contribution in [0.15, 0.2) is 36.8 Å². The molecule has 0 fully saturated rings. The summed E-state index contributed by atoms with van der Waals surface area (Å²) in [4.78, 5) is 19.0. The number of H-pyrrole nitrogens is 1. The van der Waals surface area contributed by atoms with Crippen LogP contribution >= 0.6 is 0 Å². The predicted octanol–water partition coefficient (Wildman–Crippen LogP) is 1.98. The van der Waals surface area contributed by atoms with Crippen LogP contribution in [0.25, 0.3) is 0 Å². The first-order valence-corrected chi connectivity index (χ1v) is 6.81. The van der Waals surface area contributed by atoms with Gasteiger partial charge in [-0.15, -0.1) is 0 Å². The molecule has 1 unspecified atom stereocenters. The van der Waals surface area contributed by atoms with Gasteiger partial charge in [-0.1, -0.05) is 18.2 Å². The SMILES string of the molecule is O=C(CCc1cnc[nH]1)NC1CCOc2ccccc21. The first kappa shape index (κ1) is 12.7. The number of hydrogen-bond donors (Lipinski definition) is 2. The molecule has 1 aliphatic rings. The smallest absolute Gasteiger partial charge is 0.220 e. The molecule has 1 atom stereocenters. The van der Waals surface area contributed by atoms with Crippen LogP contribution in [0, 0.1) is 0 Å². The molecule has 5 heteroatoms. The fraction of sp³-hybridized carbons (Fsp3) is 0.333. The van der Waals surface area contributed by atoms with E-state index in [1.165, 1.54) is 0 Å². The van der Waals surface area contributed by atoms with Crippen LogP contribution in [-0.2, 0) is 11.2 Å². The van der Waals surface area contributed by atoms with Crippen molar-refractivity contribution in [2.75, 3.05) is 6.61 Å². The van der Waals surface area contributed by atoms with Gasteiger partial charge < -0.3 is 15.0 Å². The zero-order valence-electron chi connectivity index (χ0n) is 11.1. The van der Waals surface area contributed by atoms with Gasteiger partial charge in [-0.2, -0.15) is 0 Å². The second-order valence-electron chi connectivity index (χ2n) is 4.87. The van der Waals surface area contributed by atoms with Crippen LogP contribution in [0.1, 0.15) is 30.1 Å². The van der Waals surface area contributed by atoms with E-state index in [2.05, 4.69) is 15.3 Å². The Morgan fingerprint density at radius 2 is 2.35 bits per heavy atom. The van der Waals surface area contributed by atoms with E-state index in [1.54, 1.807) is 12.5 Å². The maximum absolute atomic E-state index is 12.0. The van der Waals surface area contributed by atoms with Crippen LogP contribution in [0.5, 0.6) is 5.75 Å². The summed E-state index contributed by atoms with van der Waals surface area (Å²) in [6.45, 7) is 0.641. The Labute approximate surface area is 117 Å². The lowest BCUT2D eigenvalue weighted by Crippen LogP contribution is -2.32. The van der Waals surface area contributed by atoms with Gasteiger partial charge in [0.1, 0.15) is 5.75 Å². The van der Waals surface area contributed by atoms with Crippen molar-refractivity contribution in [1.29, 1.82) is 0 Å². The summed E-state index contributed by atoms with van der Waals surface area (Å²) in [6.07, 6.45) is 5.32. The summed E-state index contributed by atoms with van der Waals surface area (Å²) in [5, 5.41) is 3.08. The Balaban J connectivity index is 1.59. The number of para-hydroxylation sites is 1. The third kappa shape index (κ3) is 2.82. The fourth-order valence-electron chi connectivity index (χ4n) is 2.43. The molecule has 104 valence electrons. The Kier molecular flexibility index (Phi) is 3.67. The summed E-state index contributed by atoms with van der Waals surface area (Å²) < 4.78 is 5.59. The lowest BCUT2D eigenvalue weighted by Gasteiger charge is -2.26. The molecule has 1 amide bonds. The van der Waals surface area contributed by atoms with E-state index >= 15 is 0 Å². The number of amides is 1. The molecular weight excluding hydrogens is 254 g/mol. The molecule has 0 bridgehead atoms. The number of carbonyl (C=O) groups excluding carboxylic acids is 1. The number of carbonyl (C=O) groups is 1. The van der Waals surface area contributed by atoms with E-state index in [4.69, 9.17) is 4.74 Å². The maximum Gasteiger partial charge on any atom is 0.220 e. The van der Waals surface area contributed by atoms with Gasteiger partial charge in [-0.3, -0.25) is 4.79 Å². The lowest BCUT2D eigenvalue weighted by molar-refractivity contribution is -0.122. The number of nitrogens with zero attached hydrogens (tertiary/aromatic N) is 1. The van der Waals surface area contributed by atoms with Crippen molar-refractivity contribution in [3.05, 3.63) is 48.0 Å². The molecule has 5 nitrogen and oxygen atoms in total. The van der Waals surface area contributed by atoms with Crippen LogP contribution in [0.3, 0.4) is 0 Å². The average Bonchev–Trinajstić information content (AvgIpc) is 2.99. The van der Waals surface area contributed by atoms with E-state index < -0.39 is 0 Å². The number of hydrogen-bond acceptors (Lipinski definition) is 3. The predicted molar refractivity (Wildman–Crippen MR) is 74.3 cm³/mol. The molecule has 1 aromatic carbocycles. The Bertz CT molecular complexity index is 581. The Morgan fingerprint density at radius 3 is 3.20 bits per heavy atom. The summed E-state index contributed by atoms with van der Waals surface area (Å²) in [6, 6.07) is 7.92. The van der Waals surface area contributed by atoms with Crippen LogP contribution in [0.4, 0.5) is 0 Å². The van der Waals surface area contributed by atoms with Gasteiger partial charge in [0.15, 0.2) is 0 Å². The molecule has 2 heterocycles. The van der Waals surface area contributed by atoms with E-state index in [0.717, 1.165) is 23.4 Å². The highest BCUT2D eigenvalue weighted by Crippen LogP contribution is 2.31. The number of aromatic amines is 1. The highest BCUT2D eigenvalue weighted by atomic mass is 16.5. The number of rotatable bonds is 4. The topological polar surface area (TPSA) is 67.0 Å². The molecule has 1 aromatic heterocycles. The van der Waals surface area contributed by atoms with Crippen LogP contribution < -0.4 is 10.1 Å². The van der Waals surface area contributed by atoms with Crippen molar-refractivity contribution >= 4 is 5.91 Å². The van der Waals surface area contributed by atoms with Gasteiger partial charge in [-0.05, 0) is 12.5 Å². The molecule has 0 saturated carbocycles. The second-order valence-corrected chi connectivity index (χ2v) is 4.87. The minimum absolute atomic E-state index is 0.0502. The number of nitrogens with one attached hydrogen (secondary N) is 2. The van der Waals surface area contributed by atoms with Gasteiger partial charge in [0.05, 0.1) is 19.0 Å². The Hall–Kier alpha value is -2.30. The van der Waals surface area contributed by atoms with Gasteiger partial charge in [-0.25, -0.2) is 4.98 Å². The summed E-state index contributed by atoms with van der Waals surface area (Å²) >= 11 is 0. The van der Waals surface area contributed by atoms with Crippen molar-refractivity contribution in [3.8, 4) is 5.75 Å². The third-order valence-corrected chi connectivity index (χ3v) is 3.47. The minimum Gasteiger partial charge on any atom is -0.493 e. The van der Waals surface area contributed by atoms with E-state index in [9.17, 15) is 4.79 Å². The van der Waals surface area contributed by atoms with Gasteiger partial charge in [0.2, 0.25) is 5.91 Å². The van der Waals surface area contributed by atoms with Gasteiger partial charge >= 0.3 is 0 Å². The monoisotopic (exact) mass is 271 g/mol. The normalized spacial score (nSPS) is 17.1. The van der Waals surface area contributed by atoms with Gasteiger partial charge in [0, 0.05) is 30.3 Å². The number of aryl methyl sites for hydroxylation is 1. The number of imidazole rings is 1. The summed E-state index contributed by atoms with van der Waals surface area (Å²) in [5.41, 5.74) is 2.04. The van der Waals surface area contributed by atoms with Crippen molar-refractivity contribution in [2.45, 2.75) is 25.3 Å². The third-order valence-electron chi connectivity index (χ3n) is 3.47. The van der Waals surface area contributed by atoms with Gasteiger partial charge in [0.25, 0.3) is 0 Å². The van der Waals surface area contributed by atoms with E-state index in [-0.39, 0.29) is 11.9 Å². The largest absolute Gasteiger partial charge is 0.493 e. The average molecular weight is 271 g/mol. The molecule has 0 saturated heterocycles. The fourth-order valence-corrected chi connectivity index (χ4v) is 2.43. The molecule has 0 radical (unpaired) electrons. The van der Waals surface area contributed by atoms with Crippen molar-refractivity contribution < 1.29 is 9.53 Å². The standard InChI is InChI=1S/C15H17N3O2/c19-15(6-5-11-9-16-10-17-11)18-13-7-8-20-14-4-2-1-3-12(13)14/h1-4,9-10,13H,5-8H2,(H,16,17)(H,18,19). The maximum atomic E-state index is 12.0. The van der Waals surface area contributed by atoms with Crippen molar-refractivity contribution in [2.24, 2.45) is 0 Å². The highest BCUT2D eigenvalue weighted by molar-refractivity contribution is 5.76. The van der Waals surface area contributed by atoms with Crippen LogP contribution in [0.2, 0.25) is 0 Å². The summed E-state index contributed by atoms with van der Waals surface area (Å²) in [5.74, 6) is 0.930. The number of aromatic nitrogens is 2. The minimum atomic E-state index is 0.0502. The molecular formula is C15H17N3O2. The number of ether oxygens (including phenoxy) is 1. The first-order chi connectivity index (χ1) is 9.83. The summed E-state index contributed by atoms with van der Waals surface area (Å²) in [7, 11) is 0. The zero-order valence-corrected chi connectivity index (χ0v) is 11.1. The van der Waals surface area contributed by atoms with Crippen molar-refractivity contribution in [3.63, 3.8) is 0 Å². The number of benzene rings is 1. The number of fused-ring (bicyclic) bond motifs is 1. The molecule has 2 N–H and O–H groups in total. The highest BCUT2D eigenvalue weighted by Gasteiger charge is 2.22. The molecule has 0 spiro atoms. The van der Waals surface area contributed by atoms with Crippen molar-refractivity contribution in [1.82, 2.24) is 15.3 Å². The lowest BCUT2D eigenvalue weighted by atomic mass is 10.0.